The number of hydrogen-bond donors (Lipinski definition) is 12. The maximum atomic E-state index is 11.1. The van der Waals surface area contributed by atoms with Crippen LogP contribution in [0.4, 0.5) is 0 Å². The lowest BCUT2D eigenvalue weighted by Crippen LogP contribution is -2.58. The number of nitrogens with zero attached hydrogens (tertiary/aromatic N) is 1. The van der Waals surface area contributed by atoms with E-state index in [1.165, 1.54) is 19.1 Å². The summed E-state index contributed by atoms with van der Waals surface area (Å²) in [7, 11) is -4.90. The van der Waals surface area contributed by atoms with Gasteiger partial charge in [-0.15, -0.1) is 11.8 Å². The molecule has 3 fully saturated rings. The van der Waals surface area contributed by atoms with Crippen molar-refractivity contribution in [3.63, 3.8) is 0 Å². The molecule has 2 aromatic rings. The Hall–Kier alpha value is -2.30. The standard InChI is InChI=1S/C20H31NO14S2.C15H19NO4S/c1-8-13(23)15(25)17(27)19(32-8)33-10-4-2-9(3-5-10)6-12(21-35-37(29,30)31)36-20-18(28)16(26)14(24)11(7-22)34-20;1-9-13(17)15(19)14(18)12(20-9)6-10-2-4-11(5-3-10)7-16-8-21/h2-5,8,11-28H,6-7H2,1H3,(H,29,30,31);2-5,9,12-15,17-19H,6-7H2,1H3. The number of hydroxylamine groups is 1. The van der Waals surface area contributed by atoms with Crippen LogP contribution in [0.25, 0.3) is 0 Å². The van der Waals surface area contributed by atoms with Crippen LogP contribution in [0.5, 0.6) is 5.75 Å². The van der Waals surface area contributed by atoms with Crippen molar-refractivity contribution in [3.8, 4) is 5.75 Å². The summed E-state index contributed by atoms with van der Waals surface area (Å²) < 4.78 is 57.2. The van der Waals surface area contributed by atoms with Crippen molar-refractivity contribution in [2.24, 2.45) is 4.99 Å². The minimum Gasteiger partial charge on any atom is -0.462 e. The van der Waals surface area contributed by atoms with Crippen LogP contribution in [0.2, 0.25) is 0 Å². The number of aliphatic imine (C=N–C) groups is 1. The van der Waals surface area contributed by atoms with Crippen molar-refractivity contribution in [2.75, 3.05) is 6.61 Å². The summed E-state index contributed by atoms with van der Waals surface area (Å²) >= 11 is 5.29. The molecule has 58 heavy (non-hydrogen) atoms. The molecule has 3 aliphatic rings. The van der Waals surface area contributed by atoms with E-state index in [2.05, 4.69) is 32.1 Å². The zero-order valence-corrected chi connectivity index (χ0v) is 33.6. The van der Waals surface area contributed by atoms with Gasteiger partial charge in [0, 0.05) is 6.42 Å². The Morgan fingerprint density at radius 3 is 1.86 bits per heavy atom. The highest BCUT2D eigenvalue weighted by Crippen LogP contribution is 2.32. The van der Waals surface area contributed by atoms with E-state index in [9.17, 15) is 59.5 Å². The van der Waals surface area contributed by atoms with Crippen molar-refractivity contribution in [1.82, 2.24) is 5.48 Å². The van der Waals surface area contributed by atoms with Gasteiger partial charge in [-0.25, -0.2) is 4.99 Å². The van der Waals surface area contributed by atoms with Crippen molar-refractivity contribution < 1.29 is 87.3 Å². The van der Waals surface area contributed by atoms with Gasteiger partial charge < -0.3 is 70.0 Å². The van der Waals surface area contributed by atoms with Crippen LogP contribution < -0.4 is 10.2 Å². The zero-order chi connectivity index (χ0) is 42.9. The zero-order valence-electron chi connectivity index (χ0n) is 31.1. The molecule has 20 nitrogen and oxygen atoms in total. The van der Waals surface area contributed by atoms with Crippen LogP contribution in [-0.4, -0.2) is 172 Å². The molecular formula is C35H50N2O18S3. The van der Waals surface area contributed by atoms with Crippen LogP contribution >= 0.6 is 24.0 Å². The van der Waals surface area contributed by atoms with Gasteiger partial charge >= 0.3 is 10.4 Å². The van der Waals surface area contributed by atoms with Crippen LogP contribution in [0.1, 0.15) is 30.5 Å². The summed E-state index contributed by atoms with van der Waals surface area (Å²) in [6, 6.07) is 13.8. The Bertz CT molecular complexity index is 1720. The Morgan fingerprint density at radius 2 is 1.28 bits per heavy atom. The SMILES string of the molecule is CC1OC(Cc2ccc(CN=C=S)cc2)C(O)C(O)C1O.CC1OC(Oc2ccc(CC(NOS(=O)(=O)O)SC3OC(CO)C(O)C(O)C3O)cc2)C(O)C(O)C1O. The first-order valence-corrected chi connectivity index (χ1v) is 20.7. The number of aliphatic hydroxyl groups is 10. The van der Waals surface area contributed by atoms with Crippen molar-refractivity contribution >= 4 is 39.5 Å². The maximum Gasteiger partial charge on any atom is 0.413 e. The first-order valence-electron chi connectivity index (χ1n) is 18.0. The van der Waals surface area contributed by atoms with Gasteiger partial charge in [0.15, 0.2) is 0 Å². The van der Waals surface area contributed by atoms with Crippen LogP contribution in [0.15, 0.2) is 53.5 Å². The fourth-order valence-corrected chi connectivity index (χ4v) is 7.79. The summed E-state index contributed by atoms with van der Waals surface area (Å²) in [4.78, 5) is 3.87. The van der Waals surface area contributed by atoms with Crippen LogP contribution in [0, 0.1) is 0 Å². The first kappa shape index (κ1) is 48.4. The van der Waals surface area contributed by atoms with Crippen LogP contribution in [-0.2, 0) is 48.3 Å². The summed E-state index contributed by atoms with van der Waals surface area (Å²) in [5.41, 5.74) is 3.46. The number of nitrogens with one attached hydrogen (secondary N) is 1. The van der Waals surface area contributed by atoms with Gasteiger partial charge in [0.05, 0.1) is 42.0 Å². The fraction of sp³-hybridized carbons (Fsp3) is 0.629. The lowest BCUT2D eigenvalue weighted by molar-refractivity contribution is -0.268. The molecule has 0 bridgehead atoms. The molecule has 0 spiro atoms. The number of thioether (sulfide) groups is 1. The Morgan fingerprint density at radius 1 is 0.741 bits per heavy atom. The molecule has 2 aromatic carbocycles. The van der Waals surface area contributed by atoms with E-state index >= 15 is 0 Å². The normalized spacial score (nSPS) is 35.8. The highest BCUT2D eigenvalue weighted by molar-refractivity contribution is 8.00. The number of thiocarbonyl (C=S) groups is 1. The highest BCUT2D eigenvalue weighted by Gasteiger charge is 2.45. The average molecular weight is 883 g/mol. The third-order valence-electron chi connectivity index (χ3n) is 9.57. The van der Waals surface area contributed by atoms with E-state index in [0.717, 1.165) is 22.9 Å². The molecule has 3 aliphatic heterocycles. The molecule has 3 saturated heterocycles. The summed E-state index contributed by atoms with van der Waals surface area (Å²) in [5.74, 6) is 0.240. The smallest absolute Gasteiger partial charge is 0.413 e. The molecule has 23 heteroatoms. The molecule has 0 amide bonds. The number of aliphatic hydroxyl groups excluding tert-OH is 10. The third kappa shape index (κ3) is 13.3. The maximum absolute atomic E-state index is 11.1. The molecule has 0 aromatic heterocycles. The molecule has 326 valence electrons. The van der Waals surface area contributed by atoms with Gasteiger partial charge in [-0.05, 0) is 61.3 Å². The van der Waals surface area contributed by atoms with E-state index in [0.29, 0.717) is 18.5 Å². The number of benzene rings is 2. The van der Waals surface area contributed by atoms with Crippen molar-refractivity contribution in [2.45, 2.75) is 130 Å². The first-order chi connectivity index (χ1) is 27.3. The molecule has 16 unspecified atom stereocenters. The van der Waals surface area contributed by atoms with Crippen molar-refractivity contribution in [3.05, 3.63) is 65.2 Å². The third-order valence-corrected chi connectivity index (χ3v) is 11.3. The van der Waals surface area contributed by atoms with E-state index in [-0.39, 0.29) is 12.2 Å². The second-order valence-electron chi connectivity index (χ2n) is 13.9. The average Bonchev–Trinajstić information content (AvgIpc) is 3.19. The summed E-state index contributed by atoms with van der Waals surface area (Å²) in [6.45, 7) is 3.03. The van der Waals surface area contributed by atoms with Gasteiger partial charge in [-0.3, -0.25) is 4.55 Å². The van der Waals surface area contributed by atoms with Crippen molar-refractivity contribution in [1.29, 1.82) is 0 Å². The predicted octanol–water partition coefficient (Wildman–Crippen LogP) is -2.68. The van der Waals surface area contributed by atoms with E-state index in [1.54, 1.807) is 19.1 Å². The molecular weight excluding hydrogens is 833 g/mol. The van der Waals surface area contributed by atoms with Crippen LogP contribution in [0.3, 0.4) is 0 Å². The van der Waals surface area contributed by atoms with Gasteiger partial charge in [-0.2, -0.15) is 18.2 Å². The second-order valence-corrected chi connectivity index (χ2v) is 16.4. The fourth-order valence-electron chi connectivity index (χ4n) is 6.18. The number of ether oxygens (including phenoxy) is 4. The molecule has 0 aliphatic carbocycles. The molecule has 0 radical (unpaired) electrons. The largest absolute Gasteiger partial charge is 0.462 e. The number of isothiocyanates is 1. The quantitative estimate of drug-likeness (QED) is 0.0302. The lowest BCUT2D eigenvalue weighted by Gasteiger charge is -2.40. The van der Waals surface area contributed by atoms with Gasteiger partial charge in [0.1, 0.15) is 72.2 Å². The highest BCUT2D eigenvalue weighted by atomic mass is 32.3. The second kappa shape index (κ2) is 22.0. The minimum atomic E-state index is -4.90. The molecule has 0 saturated carbocycles. The van der Waals surface area contributed by atoms with Gasteiger partial charge in [-0.1, -0.05) is 36.4 Å². The Balaban J connectivity index is 0.000000299. The Labute approximate surface area is 343 Å². The van der Waals surface area contributed by atoms with Gasteiger partial charge in [0.2, 0.25) is 6.29 Å². The number of hydrogen-bond acceptors (Lipinski definition) is 21. The van der Waals surface area contributed by atoms with Gasteiger partial charge in [0.25, 0.3) is 0 Å². The monoisotopic (exact) mass is 882 g/mol. The van der Waals surface area contributed by atoms with E-state index in [1.807, 2.05) is 24.3 Å². The Kier molecular flexibility index (Phi) is 18.3. The minimum absolute atomic E-state index is 0.0139. The summed E-state index contributed by atoms with van der Waals surface area (Å²) in [5, 5.41) is 100. The predicted molar refractivity (Wildman–Crippen MR) is 205 cm³/mol. The topological polar surface area (TPSA) is 327 Å². The number of rotatable bonds is 14. The van der Waals surface area contributed by atoms with E-state index < -0.39 is 113 Å². The van der Waals surface area contributed by atoms with E-state index in [4.69, 9.17) is 23.5 Å². The lowest BCUT2D eigenvalue weighted by atomic mass is 9.92. The molecule has 5 rings (SSSR count). The molecule has 16 atom stereocenters. The molecule has 3 heterocycles. The summed E-state index contributed by atoms with van der Waals surface area (Å²) in [6.07, 6.45) is -16.2. The molecule has 12 N–H and O–H groups in total.